The molecule has 122 valence electrons. The number of nitrogens with zero attached hydrogens (tertiary/aromatic N) is 2. The molecular weight excluding hydrogens is 292 g/mol. The number of rotatable bonds is 3. The first-order chi connectivity index (χ1) is 11.0. The van der Waals surface area contributed by atoms with Crippen LogP contribution in [0.5, 0.6) is 0 Å². The first kappa shape index (κ1) is 15.8. The average Bonchev–Trinajstić information content (AvgIpc) is 2.55. The second kappa shape index (κ2) is 6.22. The minimum Gasteiger partial charge on any atom is -0.366 e. The lowest BCUT2D eigenvalue weighted by molar-refractivity contribution is -0.136. The molecule has 0 unspecified atom stereocenters. The zero-order chi connectivity index (χ0) is 16.4. The quantitative estimate of drug-likeness (QED) is 0.892. The van der Waals surface area contributed by atoms with Crippen LogP contribution >= 0.6 is 0 Å². The number of fused-ring (bicyclic) bond motifs is 1. The third-order valence-electron chi connectivity index (χ3n) is 4.12. The van der Waals surface area contributed by atoms with Gasteiger partial charge in [0.1, 0.15) is 6.10 Å². The summed E-state index contributed by atoms with van der Waals surface area (Å²) in [6.45, 7) is 7.67. The number of aryl methyl sites for hydroxylation is 1. The first-order valence-corrected chi connectivity index (χ1v) is 7.86. The number of hydrogen-bond acceptors (Lipinski definition) is 5. The van der Waals surface area contributed by atoms with E-state index in [-0.39, 0.29) is 5.91 Å². The second-order valence-corrected chi connectivity index (χ2v) is 6.36. The number of morpholine rings is 1. The van der Waals surface area contributed by atoms with E-state index in [0.717, 1.165) is 28.7 Å². The summed E-state index contributed by atoms with van der Waals surface area (Å²) in [4.78, 5) is 12.5. The summed E-state index contributed by atoms with van der Waals surface area (Å²) in [6.07, 6.45) is -0.465. The van der Waals surface area contributed by atoms with E-state index in [4.69, 9.17) is 4.74 Å². The zero-order valence-corrected chi connectivity index (χ0v) is 13.7. The van der Waals surface area contributed by atoms with Crippen molar-refractivity contribution < 1.29 is 9.53 Å². The maximum atomic E-state index is 12.5. The predicted octanol–water partition coefficient (Wildman–Crippen LogP) is 1.28. The summed E-state index contributed by atoms with van der Waals surface area (Å²) in [7, 11) is 0. The summed E-state index contributed by atoms with van der Waals surface area (Å²) in [5, 5.41) is 16.9. The summed E-state index contributed by atoms with van der Waals surface area (Å²) in [5.74, 6) is -0.131. The molecule has 2 N–H and O–H groups in total. The van der Waals surface area contributed by atoms with Gasteiger partial charge >= 0.3 is 0 Å². The van der Waals surface area contributed by atoms with Crippen LogP contribution in [0.1, 0.15) is 25.2 Å². The molecule has 1 saturated heterocycles. The minimum atomic E-state index is -0.641. The number of benzene rings is 1. The summed E-state index contributed by atoms with van der Waals surface area (Å²) in [6, 6.07) is 7.99. The third kappa shape index (κ3) is 3.18. The normalized spacial score (nSPS) is 18.8. The SMILES string of the molecule is Cc1nnc(C(C)(C)NC(=O)[C@@H]2CNCCO2)c2ccccc12. The topological polar surface area (TPSA) is 76.1 Å². The lowest BCUT2D eigenvalue weighted by Gasteiger charge is -2.30. The van der Waals surface area contributed by atoms with E-state index in [2.05, 4.69) is 20.8 Å². The number of carbonyl (C=O) groups is 1. The highest BCUT2D eigenvalue weighted by Crippen LogP contribution is 2.27. The van der Waals surface area contributed by atoms with Gasteiger partial charge in [-0.15, -0.1) is 0 Å². The van der Waals surface area contributed by atoms with E-state index >= 15 is 0 Å². The molecule has 1 aromatic carbocycles. The third-order valence-corrected chi connectivity index (χ3v) is 4.12. The van der Waals surface area contributed by atoms with Gasteiger partial charge in [0, 0.05) is 23.9 Å². The highest BCUT2D eigenvalue weighted by atomic mass is 16.5. The average molecular weight is 314 g/mol. The van der Waals surface area contributed by atoms with Gasteiger partial charge in [-0.1, -0.05) is 24.3 Å². The molecule has 0 saturated carbocycles. The van der Waals surface area contributed by atoms with Gasteiger partial charge in [0.15, 0.2) is 0 Å². The largest absolute Gasteiger partial charge is 0.366 e. The van der Waals surface area contributed by atoms with E-state index < -0.39 is 11.6 Å². The Kier molecular flexibility index (Phi) is 4.28. The van der Waals surface area contributed by atoms with Crippen molar-refractivity contribution in [1.29, 1.82) is 0 Å². The van der Waals surface area contributed by atoms with Crippen LogP contribution in [0.25, 0.3) is 10.8 Å². The van der Waals surface area contributed by atoms with Gasteiger partial charge in [0.25, 0.3) is 5.91 Å². The standard InChI is InChI=1S/C17H22N4O2/c1-11-12-6-4-5-7-13(12)15(21-20-11)17(2,3)19-16(22)14-10-18-8-9-23-14/h4-7,14,18H,8-10H2,1-3H3,(H,19,22)/t14-/m0/s1. The van der Waals surface area contributed by atoms with Crippen LogP contribution in [0, 0.1) is 6.92 Å². The highest BCUT2D eigenvalue weighted by Gasteiger charge is 2.31. The van der Waals surface area contributed by atoms with Crippen LogP contribution in [0.15, 0.2) is 24.3 Å². The Morgan fingerprint density at radius 3 is 2.74 bits per heavy atom. The zero-order valence-electron chi connectivity index (χ0n) is 13.7. The van der Waals surface area contributed by atoms with Crippen molar-refractivity contribution >= 4 is 16.7 Å². The van der Waals surface area contributed by atoms with Crippen molar-refractivity contribution in [3.05, 3.63) is 35.7 Å². The number of hydrogen-bond donors (Lipinski definition) is 2. The van der Waals surface area contributed by atoms with E-state index in [1.165, 1.54) is 0 Å². The van der Waals surface area contributed by atoms with Crippen LogP contribution in [0.3, 0.4) is 0 Å². The molecule has 1 atom stereocenters. The van der Waals surface area contributed by atoms with Crippen molar-refractivity contribution in [3.63, 3.8) is 0 Å². The molecule has 0 spiro atoms. The van der Waals surface area contributed by atoms with E-state index in [1.807, 2.05) is 45.0 Å². The first-order valence-electron chi connectivity index (χ1n) is 7.86. The predicted molar refractivity (Wildman–Crippen MR) is 88.1 cm³/mol. The minimum absolute atomic E-state index is 0.131. The van der Waals surface area contributed by atoms with Crippen LogP contribution < -0.4 is 10.6 Å². The van der Waals surface area contributed by atoms with E-state index in [1.54, 1.807) is 0 Å². The molecular formula is C17H22N4O2. The fourth-order valence-corrected chi connectivity index (χ4v) is 2.88. The van der Waals surface area contributed by atoms with Crippen LogP contribution in [0.4, 0.5) is 0 Å². The lowest BCUT2D eigenvalue weighted by Crippen LogP contribution is -2.52. The molecule has 6 heteroatoms. The molecule has 3 rings (SSSR count). The molecule has 2 heterocycles. The Morgan fingerprint density at radius 2 is 2.04 bits per heavy atom. The Labute approximate surface area is 135 Å². The highest BCUT2D eigenvalue weighted by molar-refractivity contribution is 5.88. The molecule has 1 aromatic heterocycles. The Hall–Kier alpha value is -2.05. The van der Waals surface area contributed by atoms with Crippen molar-refractivity contribution in [1.82, 2.24) is 20.8 Å². The van der Waals surface area contributed by atoms with E-state index in [0.29, 0.717) is 13.2 Å². The van der Waals surface area contributed by atoms with Gasteiger partial charge in [-0.05, 0) is 20.8 Å². The van der Waals surface area contributed by atoms with Gasteiger partial charge < -0.3 is 15.4 Å². The molecule has 0 bridgehead atoms. The molecule has 2 aromatic rings. The van der Waals surface area contributed by atoms with Gasteiger partial charge in [0.05, 0.1) is 23.5 Å². The number of ether oxygens (including phenoxy) is 1. The molecule has 1 aliphatic heterocycles. The second-order valence-electron chi connectivity index (χ2n) is 6.36. The fourth-order valence-electron chi connectivity index (χ4n) is 2.88. The molecule has 1 fully saturated rings. The van der Waals surface area contributed by atoms with Crippen molar-refractivity contribution in [2.75, 3.05) is 19.7 Å². The molecule has 1 aliphatic rings. The van der Waals surface area contributed by atoms with Gasteiger partial charge in [-0.3, -0.25) is 4.79 Å². The molecule has 0 radical (unpaired) electrons. The Morgan fingerprint density at radius 1 is 1.30 bits per heavy atom. The van der Waals surface area contributed by atoms with E-state index in [9.17, 15) is 4.79 Å². The van der Waals surface area contributed by atoms with Crippen LogP contribution in [0.2, 0.25) is 0 Å². The smallest absolute Gasteiger partial charge is 0.251 e. The summed E-state index contributed by atoms with van der Waals surface area (Å²) >= 11 is 0. The molecule has 23 heavy (non-hydrogen) atoms. The monoisotopic (exact) mass is 314 g/mol. The number of amides is 1. The van der Waals surface area contributed by atoms with Crippen LogP contribution in [-0.4, -0.2) is 41.9 Å². The Balaban J connectivity index is 1.90. The number of aromatic nitrogens is 2. The van der Waals surface area contributed by atoms with Gasteiger partial charge in [-0.2, -0.15) is 10.2 Å². The summed E-state index contributed by atoms with van der Waals surface area (Å²) < 4.78 is 5.52. The van der Waals surface area contributed by atoms with Crippen molar-refractivity contribution in [2.24, 2.45) is 0 Å². The van der Waals surface area contributed by atoms with Gasteiger partial charge in [-0.25, -0.2) is 0 Å². The Bertz CT molecular complexity index is 724. The fraction of sp³-hybridized carbons (Fsp3) is 0.471. The number of carbonyl (C=O) groups excluding carboxylic acids is 1. The van der Waals surface area contributed by atoms with Gasteiger partial charge in [0.2, 0.25) is 0 Å². The van der Waals surface area contributed by atoms with Crippen LogP contribution in [-0.2, 0) is 15.1 Å². The number of nitrogens with one attached hydrogen (secondary N) is 2. The molecule has 6 nitrogen and oxygen atoms in total. The van der Waals surface area contributed by atoms with Crippen molar-refractivity contribution in [2.45, 2.75) is 32.4 Å². The molecule has 0 aliphatic carbocycles. The maximum absolute atomic E-state index is 12.5. The molecule has 1 amide bonds. The summed E-state index contributed by atoms with van der Waals surface area (Å²) in [5.41, 5.74) is 1.00. The van der Waals surface area contributed by atoms with Crippen molar-refractivity contribution in [3.8, 4) is 0 Å². The lowest BCUT2D eigenvalue weighted by atomic mass is 9.94. The maximum Gasteiger partial charge on any atom is 0.251 e.